The van der Waals surface area contributed by atoms with Gasteiger partial charge < -0.3 is 0 Å². The maximum Gasteiger partial charge on any atom is 0.237 e. The summed E-state index contributed by atoms with van der Waals surface area (Å²) in [6.45, 7) is 3.11. The van der Waals surface area contributed by atoms with Gasteiger partial charge in [0.25, 0.3) is 0 Å². The number of hydrogen-bond donors (Lipinski definition) is 0. The monoisotopic (exact) mass is 192 g/mol. The summed E-state index contributed by atoms with van der Waals surface area (Å²) in [5, 5.41) is 0. The fourth-order valence-corrected chi connectivity index (χ4v) is 1.45. The second-order valence-electron chi connectivity index (χ2n) is 3.89. The van der Waals surface area contributed by atoms with Crippen LogP contribution in [0, 0.1) is 0 Å². The zero-order chi connectivity index (χ0) is 10.2. The van der Waals surface area contributed by atoms with Gasteiger partial charge in [-0.3, -0.25) is 4.48 Å². The van der Waals surface area contributed by atoms with Gasteiger partial charge in [0, 0.05) is 0 Å². The first kappa shape index (κ1) is 9.21. The Morgan fingerprint density at radius 2 is 2.07 bits per heavy atom. The molecule has 0 spiro atoms. The number of nitrogens with zero attached hydrogens (tertiary/aromatic N) is 5. The SMILES string of the molecule is CC[N+](C)(C)C1=NC=NC2=NC=NC21. The minimum atomic E-state index is -0.0602. The van der Waals surface area contributed by atoms with Crippen molar-refractivity contribution in [3.63, 3.8) is 0 Å². The lowest BCUT2D eigenvalue weighted by atomic mass is 10.2. The summed E-state index contributed by atoms with van der Waals surface area (Å²) >= 11 is 0. The topological polar surface area (TPSA) is 49.4 Å². The molecular formula is C9H14N5+. The molecule has 0 radical (unpaired) electrons. The van der Waals surface area contributed by atoms with Gasteiger partial charge in [-0.05, 0) is 6.92 Å². The molecule has 1 unspecified atom stereocenters. The summed E-state index contributed by atoms with van der Waals surface area (Å²) in [5.74, 6) is 1.77. The van der Waals surface area contributed by atoms with E-state index in [0.717, 1.165) is 22.7 Å². The Labute approximate surface area is 83.2 Å². The fraction of sp³-hybridized carbons (Fsp3) is 0.556. The van der Waals surface area contributed by atoms with Crippen LogP contribution in [0.15, 0.2) is 20.0 Å². The van der Waals surface area contributed by atoms with Crippen LogP contribution in [0.1, 0.15) is 6.92 Å². The van der Waals surface area contributed by atoms with E-state index >= 15 is 0 Å². The number of hydrogen-bond acceptors (Lipinski definition) is 4. The molecule has 0 fully saturated rings. The first-order valence-corrected chi connectivity index (χ1v) is 4.68. The summed E-state index contributed by atoms with van der Waals surface area (Å²) in [6, 6.07) is -0.0602. The predicted octanol–water partition coefficient (Wildman–Crippen LogP) is 0.332. The molecule has 0 aromatic heterocycles. The van der Waals surface area contributed by atoms with Crippen molar-refractivity contribution in [2.75, 3.05) is 20.6 Å². The van der Waals surface area contributed by atoms with Gasteiger partial charge >= 0.3 is 0 Å². The van der Waals surface area contributed by atoms with Crippen LogP contribution in [0.2, 0.25) is 0 Å². The van der Waals surface area contributed by atoms with Crippen molar-refractivity contribution < 1.29 is 4.48 Å². The average Bonchev–Trinajstić information content (AvgIpc) is 2.64. The molecule has 0 bridgehead atoms. The lowest BCUT2D eigenvalue weighted by Gasteiger charge is -2.31. The first-order valence-electron chi connectivity index (χ1n) is 4.68. The molecule has 5 heteroatoms. The molecule has 2 rings (SSSR count). The quantitative estimate of drug-likeness (QED) is 0.538. The molecule has 0 saturated heterocycles. The molecule has 2 aliphatic heterocycles. The zero-order valence-corrected chi connectivity index (χ0v) is 8.68. The van der Waals surface area contributed by atoms with E-state index < -0.39 is 0 Å². The smallest absolute Gasteiger partial charge is 0.237 e. The lowest BCUT2D eigenvalue weighted by Crippen LogP contribution is -2.52. The van der Waals surface area contributed by atoms with Crippen molar-refractivity contribution in [2.45, 2.75) is 13.0 Å². The number of rotatable bonds is 1. The van der Waals surface area contributed by atoms with Crippen LogP contribution in [0.4, 0.5) is 0 Å². The molecule has 2 aliphatic rings. The maximum atomic E-state index is 4.32. The predicted molar refractivity (Wildman–Crippen MR) is 58.3 cm³/mol. The molecule has 5 nitrogen and oxygen atoms in total. The molecule has 1 atom stereocenters. The van der Waals surface area contributed by atoms with Crippen LogP contribution >= 0.6 is 0 Å². The van der Waals surface area contributed by atoms with Crippen LogP contribution in [0.3, 0.4) is 0 Å². The minimum absolute atomic E-state index is 0.0602. The average molecular weight is 192 g/mol. The van der Waals surface area contributed by atoms with E-state index in [9.17, 15) is 0 Å². The molecule has 14 heavy (non-hydrogen) atoms. The van der Waals surface area contributed by atoms with Gasteiger partial charge in [0.15, 0.2) is 5.84 Å². The van der Waals surface area contributed by atoms with Crippen LogP contribution in [0.5, 0.6) is 0 Å². The second-order valence-corrected chi connectivity index (χ2v) is 3.89. The maximum absolute atomic E-state index is 4.32. The summed E-state index contributed by atoms with van der Waals surface area (Å²) in [5.41, 5.74) is 0. The van der Waals surface area contributed by atoms with Gasteiger partial charge in [-0.2, -0.15) is 4.99 Å². The molecule has 0 amide bonds. The van der Waals surface area contributed by atoms with E-state index in [4.69, 9.17) is 0 Å². The molecular weight excluding hydrogens is 178 g/mol. The summed E-state index contributed by atoms with van der Waals surface area (Å²) in [4.78, 5) is 16.8. The number of likely N-dealkylation sites (N-methyl/N-ethyl adjacent to an activating group) is 1. The number of amidine groups is 2. The van der Waals surface area contributed by atoms with Gasteiger partial charge in [0.2, 0.25) is 11.9 Å². The highest BCUT2D eigenvalue weighted by atomic mass is 15.4. The third-order valence-electron chi connectivity index (χ3n) is 2.69. The van der Waals surface area contributed by atoms with Gasteiger partial charge in [0.05, 0.1) is 20.6 Å². The first-order chi connectivity index (χ1) is 6.65. The molecule has 0 aromatic carbocycles. The zero-order valence-electron chi connectivity index (χ0n) is 8.68. The van der Waals surface area contributed by atoms with Crippen molar-refractivity contribution in [2.24, 2.45) is 20.0 Å². The summed E-state index contributed by atoms with van der Waals surface area (Å²) < 4.78 is 0.729. The summed E-state index contributed by atoms with van der Waals surface area (Å²) in [6.07, 6.45) is 3.13. The van der Waals surface area contributed by atoms with Crippen molar-refractivity contribution in [3.8, 4) is 0 Å². The molecule has 0 aliphatic carbocycles. The highest BCUT2D eigenvalue weighted by Gasteiger charge is 2.37. The summed E-state index contributed by atoms with van der Waals surface area (Å²) in [7, 11) is 4.23. The minimum Gasteiger partial charge on any atom is -0.281 e. The van der Waals surface area contributed by atoms with E-state index in [0.29, 0.717) is 0 Å². The van der Waals surface area contributed by atoms with Gasteiger partial charge in [-0.1, -0.05) is 0 Å². The fourth-order valence-electron chi connectivity index (χ4n) is 1.45. The van der Waals surface area contributed by atoms with Gasteiger partial charge in [-0.25, -0.2) is 15.0 Å². The van der Waals surface area contributed by atoms with E-state index in [-0.39, 0.29) is 6.04 Å². The largest absolute Gasteiger partial charge is 0.281 e. The van der Waals surface area contributed by atoms with E-state index in [1.807, 2.05) is 0 Å². The number of aliphatic imine (C=N–C) groups is 4. The van der Waals surface area contributed by atoms with Crippen molar-refractivity contribution in [1.82, 2.24) is 0 Å². The van der Waals surface area contributed by atoms with Gasteiger partial charge in [-0.15, -0.1) is 0 Å². The van der Waals surface area contributed by atoms with E-state index in [2.05, 4.69) is 41.0 Å². The van der Waals surface area contributed by atoms with Crippen LogP contribution in [-0.4, -0.2) is 55.5 Å². The van der Waals surface area contributed by atoms with E-state index in [1.54, 1.807) is 12.7 Å². The van der Waals surface area contributed by atoms with Crippen LogP contribution < -0.4 is 0 Å². The van der Waals surface area contributed by atoms with E-state index in [1.165, 1.54) is 0 Å². The molecule has 74 valence electrons. The van der Waals surface area contributed by atoms with Crippen LogP contribution in [0.25, 0.3) is 0 Å². The van der Waals surface area contributed by atoms with Crippen molar-refractivity contribution >= 4 is 24.3 Å². The number of fused-ring (bicyclic) bond motifs is 1. The normalized spacial score (nSPS) is 24.6. The Morgan fingerprint density at radius 1 is 1.29 bits per heavy atom. The molecule has 0 N–H and O–H groups in total. The Morgan fingerprint density at radius 3 is 2.79 bits per heavy atom. The Kier molecular flexibility index (Phi) is 2.03. The third-order valence-corrected chi connectivity index (χ3v) is 2.69. The molecule has 0 aromatic rings. The molecule has 0 saturated carbocycles. The number of quaternary nitrogens is 1. The Bertz CT molecular complexity index is 361. The third kappa shape index (κ3) is 1.29. The van der Waals surface area contributed by atoms with Crippen LogP contribution in [-0.2, 0) is 0 Å². The highest BCUT2D eigenvalue weighted by molar-refractivity contribution is 6.17. The molecule has 2 heterocycles. The van der Waals surface area contributed by atoms with Gasteiger partial charge in [0.1, 0.15) is 12.7 Å². The Hall–Kier alpha value is -1.36. The lowest BCUT2D eigenvalue weighted by molar-refractivity contribution is -0.798. The Balaban J connectivity index is 2.36. The van der Waals surface area contributed by atoms with Crippen molar-refractivity contribution in [1.29, 1.82) is 0 Å². The van der Waals surface area contributed by atoms with Crippen molar-refractivity contribution in [3.05, 3.63) is 0 Å². The second kappa shape index (κ2) is 3.09. The highest BCUT2D eigenvalue weighted by Crippen LogP contribution is 2.15. The standard InChI is InChI=1S/C9H14N5/c1-4-14(2,3)9-7-8(11-5-10-7)12-6-13-9/h5-7H,4H2,1-3H3/q+1.